The topological polar surface area (TPSA) is 79.9 Å². The first-order chi connectivity index (χ1) is 14.9. The molecule has 7 heteroatoms. The van der Waals surface area contributed by atoms with Crippen LogP contribution in [0.3, 0.4) is 0 Å². The number of amides is 3. The number of nitrogens with one attached hydrogen (secondary N) is 2. The summed E-state index contributed by atoms with van der Waals surface area (Å²) in [6.07, 6.45) is 1.00. The predicted molar refractivity (Wildman–Crippen MR) is 120 cm³/mol. The molecule has 2 aromatic carbocycles. The van der Waals surface area contributed by atoms with Gasteiger partial charge in [0.15, 0.2) is 11.5 Å². The minimum absolute atomic E-state index is 0.0209. The summed E-state index contributed by atoms with van der Waals surface area (Å²) < 4.78 is 10.9. The fourth-order valence-electron chi connectivity index (χ4n) is 3.88. The molecule has 0 aromatic heterocycles. The van der Waals surface area contributed by atoms with Crippen LogP contribution in [0.25, 0.3) is 0 Å². The summed E-state index contributed by atoms with van der Waals surface area (Å²) in [5.41, 5.74) is 3.00. The number of carbonyl (C=O) groups excluding carboxylic acids is 2. The maximum atomic E-state index is 12.9. The molecule has 7 nitrogen and oxygen atoms in total. The highest BCUT2D eigenvalue weighted by Crippen LogP contribution is 2.38. The van der Waals surface area contributed by atoms with Gasteiger partial charge in [0, 0.05) is 19.1 Å². The minimum atomic E-state index is -0.304. The molecule has 1 aliphatic rings. The monoisotopic (exact) mass is 425 g/mol. The van der Waals surface area contributed by atoms with Gasteiger partial charge in [-0.2, -0.15) is 0 Å². The Kier molecular flexibility index (Phi) is 7.39. The lowest BCUT2D eigenvalue weighted by Crippen LogP contribution is -2.50. The third kappa shape index (κ3) is 5.48. The second kappa shape index (κ2) is 10.2. The molecule has 1 atom stereocenters. The van der Waals surface area contributed by atoms with Crippen LogP contribution in [0.1, 0.15) is 36.6 Å². The molecule has 2 N–H and O–H groups in total. The van der Waals surface area contributed by atoms with Gasteiger partial charge < -0.3 is 25.0 Å². The second-order valence-electron chi connectivity index (χ2n) is 7.94. The van der Waals surface area contributed by atoms with E-state index in [0.717, 1.165) is 16.7 Å². The molecular weight excluding hydrogens is 394 g/mol. The summed E-state index contributed by atoms with van der Waals surface area (Å²) in [5.74, 6) is 1.18. The average Bonchev–Trinajstić information content (AvgIpc) is 2.76. The quantitative estimate of drug-likeness (QED) is 0.715. The molecule has 0 saturated carbocycles. The van der Waals surface area contributed by atoms with Crippen molar-refractivity contribution in [3.8, 4) is 11.5 Å². The first-order valence-corrected chi connectivity index (χ1v) is 10.6. The van der Waals surface area contributed by atoms with Crippen molar-refractivity contribution >= 4 is 11.9 Å². The van der Waals surface area contributed by atoms with E-state index in [-0.39, 0.29) is 24.0 Å². The molecule has 0 spiro atoms. The number of fused-ring (bicyclic) bond motifs is 1. The Morgan fingerprint density at radius 1 is 1.10 bits per heavy atom. The van der Waals surface area contributed by atoms with Crippen LogP contribution >= 0.6 is 0 Å². The van der Waals surface area contributed by atoms with Gasteiger partial charge in [-0.15, -0.1) is 0 Å². The van der Waals surface area contributed by atoms with E-state index in [1.54, 1.807) is 19.1 Å². The summed E-state index contributed by atoms with van der Waals surface area (Å²) in [4.78, 5) is 27.2. The van der Waals surface area contributed by atoms with Gasteiger partial charge in [-0.25, -0.2) is 4.79 Å². The molecular formula is C24H31N3O4. The van der Waals surface area contributed by atoms with Gasteiger partial charge in [0.05, 0.1) is 26.7 Å². The van der Waals surface area contributed by atoms with Gasteiger partial charge in [0.2, 0.25) is 5.91 Å². The first-order valence-electron chi connectivity index (χ1n) is 10.6. The van der Waals surface area contributed by atoms with Gasteiger partial charge in [-0.05, 0) is 49.1 Å². The van der Waals surface area contributed by atoms with Gasteiger partial charge in [0.1, 0.15) is 0 Å². The zero-order chi connectivity index (χ0) is 22.4. The Labute approximate surface area is 183 Å². The molecule has 0 saturated heterocycles. The van der Waals surface area contributed by atoms with Crippen molar-refractivity contribution in [1.82, 2.24) is 15.5 Å². The van der Waals surface area contributed by atoms with Crippen LogP contribution in [0.15, 0.2) is 42.5 Å². The Bertz CT molecular complexity index is 915. The van der Waals surface area contributed by atoms with E-state index in [1.807, 2.05) is 56.3 Å². The van der Waals surface area contributed by atoms with Crippen molar-refractivity contribution in [3.05, 3.63) is 59.2 Å². The normalized spacial score (nSPS) is 15.3. The Balaban J connectivity index is 1.84. The van der Waals surface area contributed by atoms with Gasteiger partial charge >= 0.3 is 6.03 Å². The van der Waals surface area contributed by atoms with Crippen molar-refractivity contribution in [1.29, 1.82) is 0 Å². The third-order valence-electron chi connectivity index (χ3n) is 5.38. The molecule has 1 unspecified atom stereocenters. The van der Waals surface area contributed by atoms with Crippen molar-refractivity contribution in [3.63, 3.8) is 0 Å². The Hall–Kier alpha value is -3.22. The van der Waals surface area contributed by atoms with Crippen LogP contribution in [0.4, 0.5) is 4.79 Å². The SMILES string of the molecule is COc1cc2c(cc1OC)C(CNC(=O)Cc1ccccc1)N(C(=O)NC(C)C)CC2. The summed E-state index contributed by atoms with van der Waals surface area (Å²) in [5, 5.41) is 5.98. The molecule has 1 aliphatic heterocycles. The van der Waals surface area contributed by atoms with Crippen LogP contribution in [0, 0.1) is 0 Å². The molecule has 3 amide bonds. The Morgan fingerprint density at radius 3 is 2.42 bits per heavy atom. The lowest BCUT2D eigenvalue weighted by atomic mass is 9.91. The van der Waals surface area contributed by atoms with Gasteiger partial charge in [-0.1, -0.05) is 30.3 Å². The number of urea groups is 1. The van der Waals surface area contributed by atoms with Crippen LogP contribution in [0.2, 0.25) is 0 Å². The molecule has 0 fully saturated rings. The zero-order valence-electron chi connectivity index (χ0n) is 18.6. The van der Waals surface area contributed by atoms with E-state index >= 15 is 0 Å². The molecule has 0 bridgehead atoms. The Morgan fingerprint density at radius 2 is 1.77 bits per heavy atom. The zero-order valence-corrected chi connectivity index (χ0v) is 18.6. The van der Waals surface area contributed by atoms with Crippen LogP contribution in [0.5, 0.6) is 11.5 Å². The first kappa shape index (κ1) is 22.5. The maximum Gasteiger partial charge on any atom is 0.318 e. The van der Waals surface area contributed by atoms with Crippen molar-refractivity contribution in [2.45, 2.75) is 38.8 Å². The van der Waals surface area contributed by atoms with E-state index in [0.29, 0.717) is 37.4 Å². The fourth-order valence-corrected chi connectivity index (χ4v) is 3.88. The van der Waals surface area contributed by atoms with E-state index in [9.17, 15) is 9.59 Å². The molecule has 31 heavy (non-hydrogen) atoms. The predicted octanol–water partition coefficient (Wildman–Crippen LogP) is 3.08. The van der Waals surface area contributed by atoms with E-state index in [2.05, 4.69) is 10.6 Å². The fraction of sp³-hybridized carbons (Fsp3) is 0.417. The molecule has 2 aromatic rings. The second-order valence-corrected chi connectivity index (χ2v) is 7.94. The highest BCUT2D eigenvalue weighted by molar-refractivity contribution is 5.79. The number of carbonyl (C=O) groups is 2. The lowest BCUT2D eigenvalue weighted by molar-refractivity contribution is -0.120. The lowest BCUT2D eigenvalue weighted by Gasteiger charge is -2.38. The molecule has 0 radical (unpaired) electrons. The smallest absolute Gasteiger partial charge is 0.318 e. The number of benzene rings is 2. The van der Waals surface area contributed by atoms with Crippen LogP contribution in [-0.4, -0.2) is 50.2 Å². The largest absolute Gasteiger partial charge is 0.493 e. The highest BCUT2D eigenvalue weighted by Gasteiger charge is 2.32. The summed E-state index contributed by atoms with van der Waals surface area (Å²) in [6.45, 7) is 4.74. The third-order valence-corrected chi connectivity index (χ3v) is 5.38. The number of hydrogen-bond acceptors (Lipinski definition) is 4. The minimum Gasteiger partial charge on any atom is -0.493 e. The number of hydrogen-bond donors (Lipinski definition) is 2. The molecule has 3 rings (SSSR count). The van der Waals surface area contributed by atoms with Gasteiger partial charge in [-0.3, -0.25) is 4.79 Å². The number of methoxy groups -OCH3 is 2. The van der Waals surface area contributed by atoms with Crippen LogP contribution in [-0.2, 0) is 17.6 Å². The maximum absolute atomic E-state index is 12.9. The summed E-state index contributed by atoms with van der Waals surface area (Å²) >= 11 is 0. The molecule has 166 valence electrons. The molecule has 1 heterocycles. The van der Waals surface area contributed by atoms with Crippen LogP contribution < -0.4 is 20.1 Å². The van der Waals surface area contributed by atoms with E-state index in [4.69, 9.17) is 9.47 Å². The van der Waals surface area contributed by atoms with Crippen molar-refractivity contribution in [2.24, 2.45) is 0 Å². The van der Waals surface area contributed by atoms with Crippen molar-refractivity contribution in [2.75, 3.05) is 27.3 Å². The number of rotatable bonds is 7. The van der Waals surface area contributed by atoms with E-state index < -0.39 is 0 Å². The number of ether oxygens (including phenoxy) is 2. The standard InChI is InChI=1S/C24H31N3O4/c1-16(2)26-24(29)27-11-10-18-13-21(30-3)22(31-4)14-19(18)20(27)15-25-23(28)12-17-8-6-5-7-9-17/h5-9,13-14,16,20H,10-12,15H2,1-4H3,(H,25,28)(H,26,29). The summed E-state index contributed by atoms with van der Waals surface area (Å²) in [7, 11) is 3.20. The van der Waals surface area contributed by atoms with Gasteiger partial charge in [0.25, 0.3) is 0 Å². The summed E-state index contributed by atoms with van der Waals surface area (Å²) in [6, 6.07) is 13.1. The number of nitrogens with zero attached hydrogens (tertiary/aromatic N) is 1. The highest BCUT2D eigenvalue weighted by atomic mass is 16.5. The molecule has 0 aliphatic carbocycles. The average molecular weight is 426 g/mol. The van der Waals surface area contributed by atoms with E-state index in [1.165, 1.54) is 0 Å². The van der Waals surface area contributed by atoms with Crippen molar-refractivity contribution < 1.29 is 19.1 Å².